The van der Waals surface area contributed by atoms with Crippen molar-refractivity contribution in [2.45, 2.75) is 20.4 Å². The molecular formula is C13H16N2O3S. The van der Waals surface area contributed by atoms with Crippen LogP contribution in [0.15, 0.2) is 29.1 Å². The summed E-state index contributed by atoms with van der Waals surface area (Å²) >= 11 is 0. The van der Waals surface area contributed by atoms with Crippen molar-refractivity contribution < 1.29 is 8.42 Å². The fourth-order valence-corrected chi connectivity index (χ4v) is 2.43. The molecule has 0 amide bonds. The molecule has 0 fully saturated rings. The molecule has 19 heavy (non-hydrogen) atoms. The molecule has 1 aromatic heterocycles. The Kier molecular flexibility index (Phi) is 3.73. The maximum atomic E-state index is 11.9. The van der Waals surface area contributed by atoms with E-state index in [1.54, 1.807) is 13.0 Å². The molecule has 0 aliphatic heterocycles. The predicted molar refractivity (Wildman–Crippen MR) is 75.6 cm³/mol. The summed E-state index contributed by atoms with van der Waals surface area (Å²) in [6.07, 6.45) is 0. The third-order valence-corrected chi connectivity index (χ3v) is 4.37. The van der Waals surface area contributed by atoms with Crippen LogP contribution in [0.25, 0.3) is 10.9 Å². The molecule has 2 N–H and O–H groups in total. The second kappa shape index (κ2) is 5.14. The molecule has 0 bridgehead atoms. The quantitative estimate of drug-likeness (QED) is 0.885. The van der Waals surface area contributed by atoms with Gasteiger partial charge >= 0.3 is 0 Å². The number of aromatic nitrogens is 1. The van der Waals surface area contributed by atoms with Crippen molar-refractivity contribution in [2.75, 3.05) is 5.75 Å². The summed E-state index contributed by atoms with van der Waals surface area (Å²) in [6.45, 7) is 3.48. The number of benzene rings is 1. The van der Waals surface area contributed by atoms with Crippen molar-refractivity contribution in [1.82, 2.24) is 9.71 Å². The molecule has 0 aliphatic rings. The van der Waals surface area contributed by atoms with Gasteiger partial charge in [0.25, 0.3) is 5.56 Å². The Morgan fingerprint density at radius 1 is 1.32 bits per heavy atom. The average Bonchev–Trinajstić information content (AvgIpc) is 2.38. The lowest BCUT2D eigenvalue weighted by Gasteiger charge is -2.06. The molecule has 1 aromatic carbocycles. The van der Waals surface area contributed by atoms with Gasteiger partial charge in [-0.25, -0.2) is 13.1 Å². The standard InChI is InChI=1S/C13H16N2O3S/c1-3-19(17,18)14-8-11-7-10-6-4-5-9(2)12(10)15-13(11)16/h4-7,14H,3,8H2,1-2H3,(H,15,16). The van der Waals surface area contributed by atoms with E-state index < -0.39 is 10.0 Å². The number of nitrogens with one attached hydrogen (secondary N) is 2. The zero-order valence-corrected chi connectivity index (χ0v) is 11.7. The van der Waals surface area contributed by atoms with Gasteiger partial charge in [0, 0.05) is 12.1 Å². The molecule has 0 spiro atoms. The van der Waals surface area contributed by atoms with Crippen molar-refractivity contribution >= 4 is 20.9 Å². The van der Waals surface area contributed by atoms with Crippen LogP contribution >= 0.6 is 0 Å². The van der Waals surface area contributed by atoms with Gasteiger partial charge < -0.3 is 4.98 Å². The first-order valence-corrected chi connectivity index (χ1v) is 7.67. The van der Waals surface area contributed by atoms with Crippen LogP contribution in [0, 0.1) is 6.92 Å². The molecule has 0 unspecified atom stereocenters. The molecule has 2 rings (SSSR count). The molecule has 102 valence electrons. The summed E-state index contributed by atoms with van der Waals surface area (Å²) in [5.41, 5.74) is 1.92. The lowest BCUT2D eigenvalue weighted by Crippen LogP contribution is -2.28. The van der Waals surface area contributed by atoms with E-state index in [1.807, 2.05) is 25.1 Å². The fraction of sp³-hybridized carbons (Fsp3) is 0.308. The van der Waals surface area contributed by atoms with Gasteiger partial charge in [0.05, 0.1) is 11.3 Å². The first-order chi connectivity index (χ1) is 8.93. The zero-order valence-electron chi connectivity index (χ0n) is 10.9. The van der Waals surface area contributed by atoms with Gasteiger partial charge in [0.15, 0.2) is 0 Å². The summed E-state index contributed by atoms with van der Waals surface area (Å²) in [5.74, 6) is -0.00239. The van der Waals surface area contributed by atoms with E-state index in [1.165, 1.54) is 0 Å². The Morgan fingerprint density at radius 3 is 2.74 bits per heavy atom. The van der Waals surface area contributed by atoms with Crippen LogP contribution in [0.5, 0.6) is 0 Å². The van der Waals surface area contributed by atoms with E-state index >= 15 is 0 Å². The van der Waals surface area contributed by atoms with Gasteiger partial charge in [0.1, 0.15) is 0 Å². The largest absolute Gasteiger partial charge is 0.321 e. The number of fused-ring (bicyclic) bond motifs is 1. The van der Waals surface area contributed by atoms with Crippen LogP contribution < -0.4 is 10.3 Å². The maximum Gasteiger partial charge on any atom is 0.252 e. The third kappa shape index (κ3) is 3.02. The molecule has 6 heteroatoms. The Morgan fingerprint density at radius 2 is 2.05 bits per heavy atom. The first kappa shape index (κ1) is 13.8. The minimum absolute atomic E-state index is 0.00239. The van der Waals surface area contributed by atoms with Gasteiger partial charge in [0.2, 0.25) is 10.0 Å². The number of H-pyrrole nitrogens is 1. The molecule has 0 radical (unpaired) electrons. The number of hydrogen-bond acceptors (Lipinski definition) is 3. The fourth-order valence-electron chi connectivity index (χ4n) is 1.85. The lowest BCUT2D eigenvalue weighted by atomic mass is 10.1. The second-order valence-electron chi connectivity index (χ2n) is 4.39. The summed E-state index contributed by atoms with van der Waals surface area (Å²) in [4.78, 5) is 14.7. The van der Waals surface area contributed by atoms with Crippen LogP contribution in [0.3, 0.4) is 0 Å². The Balaban J connectivity index is 2.40. The van der Waals surface area contributed by atoms with Gasteiger partial charge in [-0.05, 0) is 30.9 Å². The van der Waals surface area contributed by atoms with Crippen molar-refractivity contribution in [3.8, 4) is 0 Å². The Labute approximate surface area is 111 Å². The van der Waals surface area contributed by atoms with Crippen LogP contribution in [0.1, 0.15) is 18.1 Å². The van der Waals surface area contributed by atoms with Gasteiger partial charge in [-0.2, -0.15) is 0 Å². The first-order valence-electron chi connectivity index (χ1n) is 6.02. The minimum Gasteiger partial charge on any atom is -0.321 e. The highest BCUT2D eigenvalue weighted by molar-refractivity contribution is 7.89. The van der Waals surface area contributed by atoms with E-state index in [2.05, 4.69) is 9.71 Å². The monoisotopic (exact) mass is 280 g/mol. The van der Waals surface area contributed by atoms with Gasteiger partial charge in [-0.15, -0.1) is 0 Å². The van der Waals surface area contributed by atoms with Crippen molar-refractivity contribution in [3.63, 3.8) is 0 Å². The van der Waals surface area contributed by atoms with E-state index in [0.717, 1.165) is 16.5 Å². The molecule has 0 saturated carbocycles. The van der Waals surface area contributed by atoms with Crippen molar-refractivity contribution in [2.24, 2.45) is 0 Å². The van der Waals surface area contributed by atoms with Crippen molar-refractivity contribution in [3.05, 3.63) is 45.7 Å². The number of rotatable bonds is 4. The van der Waals surface area contributed by atoms with Gasteiger partial charge in [-0.3, -0.25) is 4.79 Å². The molecule has 1 heterocycles. The number of hydrogen-bond donors (Lipinski definition) is 2. The Bertz CT molecular complexity index is 763. The highest BCUT2D eigenvalue weighted by Gasteiger charge is 2.09. The number of aryl methyl sites for hydroxylation is 1. The highest BCUT2D eigenvalue weighted by Crippen LogP contribution is 2.14. The second-order valence-corrected chi connectivity index (χ2v) is 6.48. The predicted octanol–water partition coefficient (Wildman–Crippen LogP) is 1.28. The van der Waals surface area contributed by atoms with E-state index in [-0.39, 0.29) is 17.9 Å². The van der Waals surface area contributed by atoms with E-state index in [4.69, 9.17) is 0 Å². The summed E-state index contributed by atoms with van der Waals surface area (Å²) in [6, 6.07) is 7.42. The molecule has 2 aromatic rings. The van der Waals surface area contributed by atoms with Crippen LogP contribution in [0.2, 0.25) is 0 Å². The maximum absolute atomic E-state index is 11.9. The summed E-state index contributed by atoms with van der Waals surface area (Å²) in [7, 11) is -3.30. The normalized spacial score (nSPS) is 11.9. The molecule has 0 aliphatic carbocycles. The summed E-state index contributed by atoms with van der Waals surface area (Å²) < 4.78 is 25.2. The lowest BCUT2D eigenvalue weighted by molar-refractivity contribution is 0.582. The molecule has 0 atom stereocenters. The average molecular weight is 280 g/mol. The van der Waals surface area contributed by atoms with E-state index in [9.17, 15) is 13.2 Å². The zero-order chi connectivity index (χ0) is 14.0. The number of sulfonamides is 1. The number of aromatic amines is 1. The SMILES string of the molecule is CCS(=O)(=O)NCc1cc2cccc(C)c2[nH]c1=O. The Hall–Kier alpha value is -1.66. The highest BCUT2D eigenvalue weighted by atomic mass is 32.2. The van der Waals surface area contributed by atoms with Crippen LogP contribution in [0.4, 0.5) is 0 Å². The van der Waals surface area contributed by atoms with Gasteiger partial charge in [-0.1, -0.05) is 18.2 Å². The minimum atomic E-state index is -3.30. The number of pyridine rings is 1. The topological polar surface area (TPSA) is 79.0 Å². The van der Waals surface area contributed by atoms with Crippen molar-refractivity contribution in [1.29, 1.82) is 0 Å². The molecular weight excluding hydrogens is 264 g/mol. The molecule has 0 saturated heterocycles. The summed E-state index contributed by atoms with van der Waals surface area (Å²) in [5, 5.41) is 0.894. The van der Waals surface area contributed by atoms with Crippen LogP contribution in [-0.2, 0) is 16.6 Å². The van der Waals surface area contributed by atoms with Crippen LogP contribution in [-0.4, -0.2) is 19.2 Å². The van der Waals surface area contributed by atoms with E-state index in [0.29, 0.717) is 5.56 Å². The third-order valence-electron chi connectivity index (χ3n) is 3.03. The smallest absolute Gasteiger partial charge is 0.252 e. The molecule has 5 nitrogen and oxygen atoms in total. The number of para-hydroxylation sites is 1.